The van der Waals surface area contributed by atoms with Crippen molar-refractivity contribution in [2.75, 3.05) is 18.9 Å². The van der Waals surface area contributed by atoms with Crippen molar-refractivity contribution in [2.45, 2.75) is 64.0 Å². The third-order valence-corrected chi connectivity index (χ3v) is 8.22. The Bertz CT molecular complexity index is 1320. The van der Waals surface area contributed by atoms with Crippen molar-refractivity contribution in [1.29, 1.82) is 0 Å². The lowest BCUT2D eigenvalue weighted by Gasteiger charge is -2.40. The number of carbonyl (C=O) groups is 2. The second-order valence-corrected chi connectivity index (χ2v) is 11.3. The predicted molar refractivity (Wildman–Crippen MR) is 151 cm³/mol. The molecule has 0 saturated carbocycles. The number of benzene rings is 2. The Morgan fingerprint density at radius 2 is 1.92 bits per heavy atom. The topological polar surface area (TPSA) is 105 Å². The van der Waals surface area contributed by atoms with Gasteiger partial charge in [0.25, 0.3) is 0 Å². The first kappa shape index (κ1) is 29.0. The van der Waals surface area contributed by atoms with Crippen LogP contribution >= 0.6 is 11.6 Å². The van der Waals surface area contributed by atoms with Gasteiger partial charge in [0.1, 0.15) is 5.82 Å². The number of anilines is 1. The number of aryl methyl sites for hydroxylation is 1. The van der Waals surface area contributed by atoms with E-state index in [9.17, 15) is 14.0 Å². The van der Waals surface area contributed by atoms with Crippen molar-refractivity contribution in [1.82, 2.24) is 5.32 Å². The van der Waals surface area contributed by atoms with Crippen LogP contribution in [0.4, 0.5) is 10.1 Å². The Morgan fingerprint density at radius 1 is 1.23 bits per heavy atom. The normalized spacial score (nSPS) is 20.9. The van der Waals surface area contributed by atoms with Crippen LogP contribution in [0.1, 0.15) is 73.0 Å². The average molecular weight is 555 g/mol. The summed E-state index contributed by atoms with van der Waals surface area (Å²) in [7, 11) is 0. The molecule has 1 aliphatic carbocycles. The van der Waals surface area contributed by atoms with E-state index in [1.807, 2.05) is 36.4 Å². The minimum atomic E-state index is -0.873. The maximum Gasteiger partial charge on any atom is 0.304 e. The van der Waals surface area contributed by atoms with E-state index in [2.05, 4.69) is 19.2 Å². The standard InChI is InChI=1S/C31H36ClFN2O4/c1-4-14-30(3,21-7-9-22(10-8-21)31(18-39-31)35-15-13-26(36)37)27(20-5-11-23(32)12-6-20)29(38)24-16-19(2)17-25(33)28(24)34/h5,7-11,16-17,27,35H,4,6,12-15,18,34H2,1-3H3,(H,36,37). The van der Waals surface area contributed by atoms with Gasteiger partial charge in [-0.15, -0.1) is 0 Å². The number of nitrogen functional groups attached to an aromatic ring is 1. The molecular weight excluding hydrogens is 519 g/mol. The van der Waals surface area contributed by atoms with Gasteiger partial charge < -0.3 is 15.6 Å². The van der Waals surface area contributed by atoms with Gasteiger partial charge in [-0.05, 0) is 55.5 Å². The molecule has 3 atom stereocenters. The van der Waals surface area contributed by atoms with Crippen molar-refractivity contribution >= 4 is 29.0 Å². The van der Waals surface area contributed by atoms with Gasteiger partial charge in [0.15, 0.2) is 11.5 Å². The molecule has 1 aliphatic heterocycles. The zero-order valence-electron chi connectivity index (χ0n) is 22.7. The molecule has 39 heavy (non-hydrogen) atoms. The van der Waals surface area contributed by atoms with Gasteiger partial charge in [0, 0.05) is 28.1 Å². The molecule has 2 aromatic rings. The van der Waals surface area contributed by atoms with Crippen molar-refractivity contribution in [3.8, 4) is 0 Å². The number of allylic oxidation sites excluding steroid dienone is 4. The Morgan fingerprint density at radius 3 is 2.49 bits per heavy atom. The van der Waals surface area contributed by atoms with Crippen LogP contribution in [0.15, 0.2) is 59.2 Å². The summed E-state index contributed by atoms with van der Waals surface area (Å²) in [5.41, 5.74) is 8.34. The maximum atomic E-state index is 14.7. The highest BCUT2D eigenvalue weighted by Gasteiger charge is 2.47. The molecule has 1 heterocycles. The molecule has 0 bridgehead atoms. The largest absolute Gasteiger partial charge is 0.481 e. The van der Waals surface area contributed by atoms with Gasteiger partial charge in [0.05, 0.1) is 24.6 Å². The van der Waals surface area contributed by atoms with E-state index < -0.39 is 28.8 Å². The minimum Gasteiger partial charge on any atom is -0.481 e. The van der Waals surface area contributed by atoms with E-state index >= 15 is 0 Å². The van der Waals surface area contributed by atoms with E-state index in [0.717, 1.165) is 28.2 Å². The highest BCUT2D eigenvalue weighted by molar-refractivity contribution is 6.29. The van der Waals surface area contributed by atoms with Crippen molar-refractivity contribution < 1.29 is 23.8 Å². The third-order valence-electron chi connectivity index (χ3n) is 7.90. The second kappa shape index (κ2) is 11.6. The van der Waals surface area contributed by atoms with Crippen LogP contribution in [0.3, 0.4) is 0 Å². The van der Waals surface area contributed by atoms with Crippen molar-refractivity contribution in [3.05, 3.63) is 87.2 Å². The molecule has 1 fully saturated rings. The summed E-state index contributed by atoms with van der Waals surface area (Å²) in [5, 5.41) is 12.9. The number of rotatable bonds is 12. The number of nitrogens with one attached hydrogen (secondary N) is 1. The number of Topliss-reactive ketones (excluding diaryl/α,β-unsaturated/α-hetero) is 1. The summed E-state index contributed by atoms with van der Waals surface area (Å²) in [6.45, 7) is 6.67. The summed E-state index contributed by atoms with van der Waals surface area (Å²) < 4.78 is 20.3. The molecule has 0 spiro atoms. The lowest BCUT2D eigenvalue weighted by Crippen LogP contribution is -2.40. The highest BCUT2D eigenvalue weighted by Crippen LogP contribution is 2.46. The van der Waals surface area contributed by atoms with E-state index in [1.165, 1.54) is 6.07 Å². The molecular formula is C31H36ClFN2O4. The molecule has 2 aliphatic rings. The van der Waals surface area contributed by atoms with E-state index in [1.54, 1.807) is 13.0 Å². The predicted octanol–water partition coefficient (Wildman–Crippen LogP) is 6.36. The van der Waals surface area contributed by atoms with Crippen LogP contribution < -0.4 is 11.1 Å². The molecule has 3 unspecified atom stereocenters. The number of carbonyl (C=O) groups excluding carboxylic acids is 1. The van der Waals surface area contributed by atoms with Crippen LogP contribution in [-0.4, -0.2) is 30.0 Å². The lowest BCUT2D eigenvalue weighted by atomic mass is 9.62. The maximum absolute atomic E-state index is 14.7. The zero-order valence-corrected chi connectivity index (χ0v) is 23.4. The van der Waals surface area contributed by atoms with E-state index in [-0.39, 0.29) is 23.5 Å². The van der Waals surface area contributed by atoms with Crippen molar-refractivity contribution in [2.24, 2.45) is 5.92 Å². The summed E-state index contributed by atoms with van der Waals surface area (Å²) in [4.78, 5) is 25.3. The molecule has 208 valence electrons. The van der Waals surface area contributed by atoms with Gasteiger partial charge >= 0.3 is 5.97 Å². The summed E-state index contributed by atoms with van der Waals surface area (Å²) in [5.74, 6) is -2.25. The quantitative estimate of drug-likeness (QED) is 0.160. The number of hydrogen-bond donors (Lipinski definition) is 3. The van der Waals surface area contributed by atoms with Crippen LogP contribution in [0.5, 0.6) is 0 Å². The molecule has 8 heteroatoms. The molecule has 6 nitrogen and oxygen atoms in total. The monoisotopic (exact) mass is 554 g/mol. The Hall–Kier alpha value is -3.00. The minimum absolute atomic E-state index is 0.00217. The fraction of sp³-hybridized carbons (Fsp3) is 0.419. The first-order valence-corrected chi connectivity index (χ1v) is 13.8. The van der Waals surface area contributed by atoms with Crippen LogP contribution in [0.2, 0.25) is 0 Å². The molecule has 2 aromatic carbocycles. The number of hydrogen-bond acceptors (Lipinski definition) is 5. The number of ketones is 1. The van der Waals surface area contributed by atoms with Crippen LogP contribution in [0.25, 0.3) is 0 Å². The van der Waals surface area contributed by atoms with Gasteiger partial charge in [-0.3, -0.25) is 14.9 Å². The first-order valence-electron chi connectivity index (χ1n) is 13.4. The van der Waals surface area contributed by atoms with Crippen LogP contribution in [0, 0.1) is 18.7 Å². The van der Waals surface area contributed by atoms with Gasteiger partial charge in [-0.1, -0.05) is 67.8 Å². The van der Waals surface area contributed by atoms with Crippen molar-refractivity contribution in [3.63, 3.8) is 0 Å². The Labute approximate surface area is 234 Å². The molecule has 1 saturated heterocycles. The number of epoxide rings is 1. The molecule has 0 aromatic heterocycles. The van der Waals surface area contributed by atoms with E-state index in [4.69, 9.17) is 27.2 Å². The number of aliphatic carboxylic acids is 1. The van der Waals surface area contributed by atoms with E-state index in [0.29, 0.717) is 38.0 Å². The average Bonchev–Trinajstić information content (AvgIpc) is 3.68. The summed E-state index contributed by atoms with van der Waals surface area (Å²) >= 11 is 6.27. The first-order chi connectivity index (χ1) is 18.5. The molecule has 4 rings (SSSR count). The Kier molecular flexibility index (Phi) is 8.64. The Balaban J connectivity index is 1.76. The smallest absolute Gasteiger partial charge is 0.304 e. The number of carboxylic acid groups (broad SMARTS) is 1. The molecule has 0 radical (unpaired) electrons. The number of carboxylic acids is 1. The molecule has 0 amide bonds. The lowest BCUT2D eigenvalue weighted by molar-refractivity contribution is -0.136. The third kappa shape index (κ3) is 6.11. The zero-order chi connectivity index (χ0) is 28.4. The summed E-state index contributed by atoms with van der Waals surface area (Å²) in [6.07, 6.45) is 6.57. The SMILES string of the molecule is CCCC(C)(c1ccc(C2(NCCC(=O)O)CO2)cc1)C(C(=O)c1cc(C)cc(F)c1N)C1=CC=C(Cl)CC1. The summed E-state index contributed by atoms with van der Waals surface area (Å²) in [6, 6.07) is 11.0. The van der Waals surface area contributed by atoms with Crippen LogP contribution in [-0.2, 0) is 20.7 Å². The number of nitrogens with two attached hydrogens (primary N) is 1. The highest BCUT2D eigenvalue weighted by atomic mass is 35.5. The number of halogens is 2. The molecule has 4 N–H and O–H groups in total. The fourth-order valence-corrected chi connectivity index (χ4v) is 5.91. The van der Waals surface area contributed by atoms with Gasteiger partial charge in [-0.2, -0.15) is 0 Å². The van der Waals surface area contributed by atoms with Gasteiger partial charge in [0.2, 0.25) is 0 Å². The van der Waals surface area contributed by atoms with Gasteiger partial charge in [-0.25, -0.2) is 4.39 Å². The fourth-order valence-electron chi connectivity index (χ4n) is 5.76. The second-order valence-electron chi connectivity index (χ2n) is 10.8. The number of ether oxygens (including phenoxy) is 1.